The summed E-state index contributed by atoms with van der Waals surface area (Å²) < 4.78 is 13.5. The molecule has 0 aliphatic rings. The van der Waals surface area contributed by atoms with E-state index in [-0.39, 0.29) is 11.3 Å². The van der Waals surface area contributed by atoms with Gasteiger partial charge in [-0.1, -0.05) is 22.9 Å². The molecule has 2 aromatic carbocycles. The summed E-state index contributed by atoms with van der Waals surface area (Å²) in [6.07, 6.45) is 2.04. The van der Waals surface area contributed by atoms with Gasteiger partial charge in [0.25, 0.3) is 5.56 Å². The van der Waals surface area contributed by atoms with Crippen LogP contribution in [0.3, 0.4) is 0 Å². The van der Waals surface area contributed by atoms with Crippen LogP contribution in [0.25, 0.3) is 10.9 Å². The number of fused-ring (bicyclic) bond motifs is 1. The van der Waals surface area contributed by atoms with Gasteiger partial charge in [-0.2, -0.15) is 9.78 Å². The van der Waals surface area contributed by atoms with Gasteiger partial charge in [0.05, 0.1) is 28.2 Å². The van der Waals surface area contributed by atoms with E-state index in [2.05, 4.69) is 41.9 Å². The molecule has 3 rings (SSSR count). The van der Waals surface area contributed by atoms with Crippen LogP contribution in [0, 0.1) is 0 Å². The molecule has 10 heteroatoms. The Labute approximate surface area is 194 Å². The summed E-state index contributed by atoms with van der Waals surface area (Å²) in [4.78, 5) is 28.4. The predicted molar refractivity (Wildman–Crippen MR) is 125 cm³/mol. The summed E-state index contributed by atoms with van der Waals surface area (Å²) in [6, 6.07) is 8.70. The van der Waals surface area contributed by atoms with Crippen molar-refractivity contribution in [1.82, 2.24) is 9.66 Å². The maximum atomic E-state index is 13.0. The molecular weight excluding hydrogens is 534 g/mol. The van der Waals surface area contributed by atoms with Gasteiger partial charge in [0.2, 0.25) is 0 Å². The minimum absolute atomic E-state index is 0.273. The molecule has 1 heterocycles. The van der Waals surface area contributed by atoms with Gasteiger partial charge in [-0.25, -0.2) is 9.78 Å². The zero-order valence-corrected chi connectivity index (χ0v) is 19.9. The lowest BCUT2D eigenvalue weighted by Crippen LogP contribution is -2.22. The van der Waals surface area contributed by atoms with Crippen molar-refractivity contribution in [2.24, 2.45) is 5.10 Å². The standard InChI is InChI=1S/C21H19Br2N3O5/c1-3-18-25-16-6-5-13(22)9-14(16)21(29)26(18)24-10-12-7-15(23)20(31-11-19(27)28)17(8-12)30-4-2/h5-10H,3-4,11H2,1-2H3,(H,27,28). The fourth-order valence-corrected chi connectivity index (χ4v) is 3.80. The number of hydrogen-bond acceptors (Lipinski definition) is 6. The third-order valence-electron chi connectivity index (χ3n) is 4.19. The second-order valence-corrected chi connectivity index (χ2v) is 8.12. The van der Waals surface area contributed by atoms with E-state index in [9.17, 15) is 9.59 Å². The molecule has 0 atom stereocenters. The maximum absolute atomic E-state index is 13.0. The Morgan fingerprint density at radius 1 is 1.23 bits per heavy atom. The van der Waals surface area contributed by atoms with Crippen molar-refractivity contribution >= 4 is 54.9 Å². The molecule has 1 aromatic heterocycles. The smallest absolute Gasteiger partial charge is 0.341 e. The molecule has 162 valence electrons. The van der Waals surface area contributed by atoms with E-state index >= 15 is 0 Å². The molecule has 1 N–H and O–H groups in total. The fourth-order valence-electron chi connectivity index (χ4n) is 2.87. The predicted octanol–water partition coefficient (Wildman–Crippen LogP) is 4.23. The van der Waals surface area contributed by atoms with E-state index in [1.807, 2.05) is 19.9 Å². The Balaban J connectivity index is 2.05. The first kappa shape index (κ1) is 23.0. The molecular formula is C21H19Br2N3O5. The van der Waals surface area contributed by atoms with Gasteiger partial charge in [-0.05, 0) is 58.7 Å². The Bertz CT molecular complexity index is 1220. The highest BCUT2D eigenvalue weighted by atomic mass is 79.9. The summed E-state index contributed by atoms with van der Waals surface area (Å²) in [6.45, 7) is 3.57. The molecule has 0 amide bonds. The molecule has 0 fully saturated rings. The number of ether oxygens (including phenoxy) is 2. The van der Waals surface area contributed by atoms with Crippen LogP contribution in [0.5, 0.6) is 11.5 Å². The van der Waals surface area contributed by atoms with E-state index < -0.39 is 12.6 Å². The highest BCUT2D eigenvalue weighted by Gasteiger charge is 2.14. The summed E-state index contributed by atoms with van der Waals surface area (Å²) in [5, 5.41) is 13.7. The normalized spacial score (nSPS) is 11.2. The minimum Gasteiger partial charge on any atom is -0.490 e. The summed E-state index contributed by atoms with van der Waals surface area (Å²) in [5.74, 6) is 0.0803. The second-order valence-electron chi connectivity index (χ2n) is 6.35. The Morgan fingerprint density at radius 3 is 2.68 bits per heavy atom. The average Bonchev–Trinajstić information content (AvgIpc) is 2.72. The summed E-state index contributed by atoms with van der Waals surface area (Å²) in [7, 11) is 0. The quantitative estimate of drug-likeness (QED) is 0.419. The fraction of sp³-hybridized carbons (Fsp3) is 0.238. The van der Waals surface area contributed by atoms with Gasteiger partial charge in [-0.15, -0.1) is 0 Å². The molecule has 0 bridgehead atoms. The number of benzene rings is 2. The summed E-state index contributed by atoms with van der Waals surface area (Å²) >= 11 is 6.76. The highest BCUT2D eigenvalue weighted by Crippen LogP contribution is 2.36. The number of halogens is 2. The monoisotopic (exact) mass is 551 g/mol. The number of rotatable bonds is 8. The number of hydrogen-bond donors (Lipinski definition) is 1. The van der Waals surface area contributed by atoms with Crippen molar-refractivity contribution in [2.75, 3.05) is 13.2 Å². The number of aromatic nitrogens is 2. The van der Waals surface area contributed by atoms with Crippen molar-refractivity contribution in [1.29, 1.82) is 0 Å². The van der Waals surface area contributed by atoms with E-state index in [1.54, 1.807) is 24.3 Å². The van der Waals surface area contributed by atoms with E-state index in [1.165, 1.54) is 10.9 Å². The number of aryl methyl sites for hydroxylation is 1. The Morgan fingerprint density at radius 2 is 2.00 bits per heavy atom. The van der Waals surface area contributed by atoms with Crippen LogP contribution in [0.1, 0.15) is 25.2 Å². The molecule has 0 saturated heterocycles. The highest BCUT2D eigenvalue weighted by molar-refractivity contribution is 9.10. The third-order valence-corrected chi connectivity index (χ3v) is 5.27. The van der Waals surface area contributed by atoms with E-state index in [4.69, 9.17) is 14.6 Å². The van der Waals surface area contributed by atoms with Gasteiger partial charge in [0.1, 0.15) is 5.82 Å². The molecule has 8 nitrogen and oxygen atoms in total. The zero-order valence-electron chi connectivity index (χ0n) is 16.8. The molecule has 0 unspecified atom stereocenters. The largest absolute Gasteiger partial charge is 0.490 e. The first-order chi connectivity index (χ1) is 14.8. The average molecular weight is 553 g/mol. The van der Waals surface area contributed by atoms with Gasteiger partial charge in [-0.3, -0.25) is 4.79 Å². The number of carbonyl (C=O) groups is 1. The van der Waals surface area contributed by atoms with Gasteiger partial charge < -0.3 is 14.6 Å². The van der Waals surface area contributed by atoms with Crippen molar-refractivity contribution in [3.05, 3.63) is 61.0 Å². The molecule has 0 radical (unpaired) electrons. The Hall–Kier alpha value is -2.72. The SMILES string of the molecule is CCOc1cc(C=Nn2c(CC)nc3ccc(Br)cc3c2=O)cc(Br)c1OCC(=O)O. The van der Waals surface area contributed by atoms with Crippen LogP contribution in [0.15, 0.2) is 49.2 Å². The number of nitrogens with zero attached hydrogens (tertiary/aromatic N) is 3. The van der Waals surface area contributed by atoms with Crippen LogP contribution in [-0.4, -0.2) is 40.2 Å². The van der Waals surface area contributed by atoms with Crippen LogP contribution in [0.4, 0.5) is 0 Å². The molecule has 0 spiro atoms. The molecule has 31 heavy (non-hydrogen) atoms. The lowest BCUT2D eigenvalue weighted by molar-refractivity contribution is -0.139. The number of carboxylic acid groups (broad SMARTS) is 1. The van der Waals surface area contributed by atoms with Crippen molar-refractivity contribution in [3.63, 3.8) is 0 Å². The van der Waals surface area contributed by atoms with Crippen molar-refractivity contribution < 1.29 is 19.4 Å². The minimum atomic E-state index is -1.10. The van der Waals surface area contributed by atoms with Crippen LogP contribution < -0.4 is 15.0 Å². The summed E-state index contributed by atoms with van der Waals surface area (Å²) in [5.41, 5.74) is 0.962. The Kier molecular flexibility index (Phi) is 7.45. The van der Waals surface area contributed by atoms with E-state index in [0.29, 0.717) is 45.5 Å². The van der Waals surface area contributed by atoms with Crippen LogP contribution in [-0.2, 0) is 11.2 Å². The molecule has 0 saturated carbocycles. The first-order valence-electron chi connectivity index (χ1n) is 9.40. The third kappa shape index (κ3) is 5.31. The van der Waals surface area contributed by atoms with Gasteiger partial charge >= 0.3 is 5.97 Å². The molecule has 0 aliphatic carbocycles. The molecule has 3 aromatic rings. The van der Waals surface area contributed by atoms with E-state index in [0.717, 1.165) is 4.47 Å². The topological polar surface area (TPSA) is 103 Å². The second kappa shape index (κ2) is 10.1. The van der Waals surface area contributed by atoms with Gasteiger partial charge in [0.15, 0.2) is 18.1 Å². The van der Waals surface area contributed by atoms with Gasteiger partial charge in [0, 0.05) is 10.9 Å². The van der Waals surface area contributed by atoms with Crippen molar-refractivity contribution in [3.8, 4) is 11.5 Å². The molecule has 0 aliphatic heterocycles. The maximum Gasteiger partial charge on any atom is 0.341 e. The first-order valence-corrected chi connectivity index (χ1v) is 11.0. The number of carboxylic acids is 1. The van der Waals surface area contributed by atoms with Crippen LogP contribution >= 0.6 is 31.9 Å². The lowest BCUT2D eigenvalue weighted by Gasteiger charge is -2.13. The van der Waals surface area contributed by atoms with Crippen molar-refractivity contribution in [2.45, 2.75) is 20.3 Å². The zero-order chi connectivity index (χ0) is 22.5. The lowest BCUT2D eigenvalue weighted by atomic mass is 10.2. The number of aliphatic carboxylic acids is 1. The van der Waals surface area contributed by atoms with Crippen LogP contribution in [0.2, 0.25) is 0 Å².